The fourth-order valence-corrected chi connectivity index (χ4v) is 4.37. The smallest absolute Gasteiger partial charge is 0.143 e. The van der Waals surface area contributed by atoms with Gasteiger partial charge in [-0.2, -0.15) is 0 Å². The first-order chi connectivity index (χ1) is 11.3. The minimum absolute atomic E-state index is 0.199. The summed E-state index contributed by atoms with van der Waals surface area (Å²) < 4.78 is 19.2. The van der Waals surface area contributed by atoms with E-state index in [-0.39, 0.29) is 5.82 Å². The molecule has 0 aromatic heterocycles. The predicted octanol–water partition coefficient (Wildman–Crippen LogP) is 3.15. The summed E-state index contributed by atoms with van der Waals surface area (Å²) in [6, 6.07) is 11.7. The van der Waals surface area contributed by atoms with Crippen LogP contribution in [0.25, 0.3) is 11.1 Å². The van der Waals surface area contributed by atoms with Crippen LogP contribution >= 0.6 is 0 Å². The Kier molecular flexibility index (Phi) is 2.89. The van der Waals surface area contributed by atoms with Crippen molar-refractivity contribution in [3.63, 3.8) is 0 Å². The molecule has 1 fully saturated rings. The van der Waals surface area contributed by atoms with Gasteiger partial charge in [0, 0.05) is 18.5 Å². The number of anilines is 1. The highest BCUT2D eigenvalue weighted by Gasteiger charge is 2.43. The molecule has 0 aliphatic carbocycles. The van der Waals surface area contributed by atoms with Gasteiger partial charge in [-0.15, -0.1) is 0 Å². The summed E-state index contributed by atoms with van der Waals surface area (Å²) >= 11 is 0. The van der Waals surface area contributed by atoms with Gasteiger partial charge in [-0.3, -0.25) is 0 Å². The van der Waals surface area contributed by atoms with E-state index in [1.807, 2.05) is 12.1 Å². The minimum atomic E-state index is -0.199. The third-order valence-electron chi connectivity index (χ3n) is 5.40. The van der Waals surface area contributed by atoms with Crippen LogP contribution < -0.4 is 15.0 Å². The fraction of sp³-hybridized carbons (Fsp3) is 0.368. The molecule has 3 nitrogen and oxygen atoms in total. The van der Waals surface area contributed by atoms with E-state index in [1.54, 1.807) is 0 Å². The third kappa shape index (κ3) is 1.98. The number of hydrogen-bond donors (Lipinski definition) is 1. The van der Waals surface area contributed by atoms with Gasteiger partial charge in [0.15, 0.2) is 0 Å². The molecule has 0 spiro atoms. The van der Waals surface area contributed by atoms with Crippen molar-refractivity contribution in [3.8, 4) is 16.9 Å². The van der Waals surface area contributed by atoms with Crippen LogP contribution in [0.3, 0.4) is 0 Å². The monoisotopic (exact) mass is 310 g/mol. The quantitative estimate of drug-likeness (QED) is 0.876. The number of halogens is 1. The minimum Gasteiger partial charge on any atom is -0.490 e. The fourth-order valence-electron chi connectivity index (χ4n) is 4.37. The summed E-state index contributed by atoms with van der Waals surface area (Å²) in [7, 11) is 0. The highest BCUT2D eigenvalue weighted by atomic mass is 19.1. The molecular weight excluding hydrogens is 291 g/mol. The van der Waals surface area contributed by atoms with Crippen LogP contribution in [0.1, 0.15) is 17.9 Å². The molecule has 0 unspecified atom stereocenters. The lowest BCUT2D eigenvalue weighted by Crippen LogP contribution is -2.46. The number of hydrogen-bond acceptors (Lipinski definition) is 3. The molecule has 2 atom stereocenters. The molecule has 1 saturated heterocycles. The lowest BCUT2D eigenvalue weighted by molar-refractivity contribution is 0.295. The van der Waals surface area contributed by atoms with Crippen LogP contribution in [-0.4, -0.2) is 32.3 Å². The Morgan fingerprint density at radius 2 is 2.00 bits per heavy atom. The molecule has 0 amide bonds. The molecule has 23 heavy (non-hydrogen) atoms. The maximum absolute atomic E-state index is 13.2. The Morgan fingerprint density at radius 1 is 1.13 bits per heavy atom. The molecule has 3 heterocycles. The van der Waals surface area contributed by atoms with Crippen molar-refractivity contribution < 1.29 is 9.13 Å². The normalized spacial score (nSPS) is 24.8. The number of nitrogens with zero attached hydrogens (tertiary/aromatic N) is 1. The highest BCUT2D eigenvalue weighted by Crippen LogP contribution is 2.51. The summed E-state index contributed by atoms with van der Waals surface area (Å²) in [5, 5.41) is 3.53. The summed E-state index contributed by atoms with van der Waals surface area (Å²) in [5.74, 6) is 1.32. The second kappa shape index (κ2) is 4.96. The number of nitrogens with one attached hydrogen (secondary N) is 1. The molecule has 0 radical (unpaired) electrons. The molecule has 0 saturated carbocycles. The zero-order chi connectivity index (χ0) is 15.4. The Morgan fingerprint density at radius 3 is 2.87 bits per heavy atom. The van der Waals surface area contributed by atoms with E-state index >= 15 is 0 Å². The van der Waals surface area contributed by atoms with E-state index in [9.17, 15) is 4.39 Å². The van der Waals surface area contributed by atoms with Crippen molar-refractivity contribution >= 4 is 5.69 Å². The third-order valence-corrected chi connectivity index (χ3v) is 5.40. The van der Waals surface area contributed by atoms with Gasteiger partial charge in [0.25, 0.3) is 0 Å². The first-order valence-corrected chi connectivity index (χ1v) is 8.35. The van der Waals surface area contributed by atoms with Crippen LogP contribution in [0.15, 0.2) is 36.4 Å². The van der Waals surface area contributed by atoms with Gasteiger partial charge in [-0.05, 0) is 53.9 Å². The number of rotatable bonds is 1. The highest BCUT2D eigenvalue weighted by molar-refractivity contribution is 5.79. The molecule has 1 N–H and O–H groups in total. The summed E-state index contributed by atoms with van der Waals surface area (Å²) in [6.45, 7) is 3.85. The van der Waals surface area contributed by atoms with E-state index in [0.717, 1.165) is 43.1 Å². The molecule has 118 valence electrons. The summed E-state index contributed by atoms with van der Waals surface area (Å²) in [6.07, 6.45) is 1.19. The van der Waals surface area contributed by atoms with Crippen molar-refractivity contribution in [2.45, 2.75) is 18.4 Å². The molecule has 2 aromatic carbocycles. The standard InChI is InChI=1S/C19H19FN2O/c20-14-3-1-12(2-4-14)13-9-15-16-11-21-6-5-17(16)22-7-8-23-18(10-13)19(15)22/h1-4,9-10,16-17,21H,5-8,11H2/t16-,17-/m0/s1. The van der Waals surface area contributed by atoms with Crippen molar-refractivity contribution in [3.05, 3.63) is 47.8 Å². The largest absolute Gasteiger partial charge is 0.490 e. The van der Waals surface area contributed by atoms with Crippen molar-refractivity contribution in [1.82, 2.24) is 5.32 Å². The Bertz CT molecular complexity index is 759. The van der Waals surface area contributed by atoms with Crippen LogP contribution in [-0.2, 0) is 0 Å². The average Bonchev–Trinajstić information content (AvgIpc) is 2.92. The molecule has 0 bridgehead atoms. The van der Waals surface area contributed by atoms with Gasteiger partial charge < -0.3 is 15.0 Å². The summed E-state index contributed by atoms with van der Waals surface area (Å²) in [5.41, 5.74) is 4.84. The first-order valence-electron chi connectivity index (χ1n) is 8.35. The van der Waals surface area contributed by atoms with Gasteiger partial charge >= 0.3 is 0 Å². The topological polar surface area (TPSA) is 24.5 Å². The zero-order valence-electron chi connectivity index (χ0n) is 12.9. The van der Waals surface area contributed by atoms with Gasteiger partial charge in [-0.25, -0.2) is 4.39 Å². The van der Waals surface area contributed by atoms with E-state index in [2.05, 4.69) is 22.3 Å². The van der Waals surface area contributed by atoms with Gasteiger partial charge in [-0.1, -0.05) is 12.1 Å². The van der Waals surface area contributed by atoms with E-state index in [0.29, 0.717) is 12.0 Å². The molecular formula is C19H19FN2O. The molecule has 4 heteroatoms. The molecule has 3 aliphatic rings. The second-order valence-corrected chi connectivity index (χ2v) is 6.63. The van der Waals surface area contributed by atoms with Crippen LogP contribution in [0.4, 0.5) is 10.1 Å². The average molecular weight is 310 g/mol. The lowest BCUT2D eigenvalue weighted by atomic mass is 9.88. The molecule has 2 aromatic rings. The van der Waals surface area contributed by atoms with Crippen molar-refractivity contribution in [1.29, 1.82) is 0 Å². The first kappa shape index (κ1) is 13.4. The van der Waals surface area contributed by atoms with Crippen molar-refractivity contribution in [2.24, 2.45) is 0 Å². The number of piperidine rings is 1. The lowest BCUT2D eigenvalue weighted by Gasteiger charge is -2.36. The zero-order valence-corrected chi connectivity index (χ0v) is 12.9. The number of benzene rings is 2. The van der Waals surface area contributed by atoms with Crippen LogP contribution in [0, 0.1) is 5.82 Å². The van der Waals surface area contributed by atoms with Crippen molar-refractivity contribution in [2.75, 3.05) is 31.1 Å². The number of fused-ring (bicyclic) bond motifs is 3. The van der Waals surface area contributed by atoms with Gasteiger partial charge in [0.1, 0.15) is 18.2 Å². The van der Waals surface area contributed by atoms with Gasteiger partial charge in [0.2, 0.25) is 0 Å². The Hall–Kier alpha value is -2.07. The van der Waals surface area contributed by atoms with Crippen LogP contribution in [0.5, 0.6) is 5.75 Å². The maximum atomic E-state index is 13.2. The van der Waals surface area contributed by atoms with E-state index in [1.165, 1.54) is 29.8 Å². The predicted molar refractivity (Wildman–Crippen MR) is 88.7 cm³/mol. The number of ether oxygens (including phenoxy) is 1. The Labute approximate surface area is 135 Å². The second-order valence-electron chi connectivity index (χ2n) is 6.63. The van der Waals surface area contributed by atoms with E-state index in [4.69, 9.17) is 4.74 Å². The SMILES string of the molecule is Fc1ccc(-c2cc3c4c(c2)[C@@H]2CNCC[C@@H]2N4CCO3)cc1. The van der Waals surface area contributed by atoms with Gasteiger partial charge in [0.05, 0.1) is 12.2 Å². The maximum Gasteiger partial charge on any atom is 0.143 e. The van der Waals surface area contributed by atoms with E-state index < -0.39 is 0 Å². The Balaban J connectivity index is 1.66. The molecule has 5 rings (SSSR count). The van der Waals surface area contributed by atoms with Crippen LogP contribution in [0.2, 0.25) is 0 Å². The summed E-state index contributed by atoms with van der Waals surface area (Å²) in [4.78, 5) is 2.55. The molecule has 3 aliphatic heterocycles.